The molecule has 0 saturated carbocycles. The quantitative estimate of drug-likeness (QED) is 0.189. The van der Waals surface area contributed by atoms with Gasteiger partial charge >= 0.3 is 0 Å². The summed E-state index contributed by atoms with van der Waals surface area (Å²) in [4.78, 5) is 4.57. The lowest BCUT2D eigenvalue weighted by molar-refractivity contribution is 0.409. The normalized spacial score (nSPS) is 10.6. The predicted octanol–water partition coefficient (Wildman–Crippen LogP) is 3.33. The van der Waals surface area contributed by atoms with Crippen LogP contribution in [0.1, 0.15) is 12.5 Å². The maximum absolute atomic E-state index is 5.37. The number of para-hydroxylation sites is 1. The average molecular weight is 449 g/mol. The number of aliphatic imine (C=N–C) groups is 1. The SMILES string of the molecule is C=CCSCCN=C(NCC)NCCc1ccccc1OC.I. The number of benzene rings is 1. The van der Waals surface area contributed by atoms with Crippen LogP contribution in [0, 0.1) is 0 Å². The van der Waals surface area contributed by atoms with Gasteiger partial charge in [-0.3, -0.25) is 4.99 Å². The highest BCUT2D eigenvalue weighted by atomic mass is 127. The van der Waals surface area contributed by atoms with E-state index >= 15 is 0 Å². The molecule has 0 heterocycles. The van der Waals surface area contributed by atoms with Crippen LogP contribution in [0.25, 0.3) is 0 Å². The number of methoxy groups -OCH3 is 1. The molecule has 0 radical (unpaired) electrons. The Bertz CT molecular complexity index is 469. The van der Waals surface area contributed by atoms with Gasteiger partial charge in [0.05, 0.1) is 13.7 Å². The number of hydrogen-bond donors (Lipinski definition) is 2. The van der Waals surface area contributed by atoms with E-state index in [-0.39, 0.29) is 24.0 Å². The third-order valence-corrected chi connectivity index (χ3v) is 3.91. The van der Waals surface area contributed by atoms with Gasteiger partial charge in [-0.15, -0.1) is 30.6 Å². The summed E-state index contributed by atoms with van der Waals surface area (Å²) in [6, 6.07) is 8.11. The summed E-state index contributed by atoms with van der Waals surface area (Å²) in [7, 11) is 1.71. The first kappa shape index (κ1) is 22.1. The zero-order chi connectivity index (χ0) is 16.0. The number of ether oxygens (including phenoxy) is 1. The van der Waals surface area contributed by atoms with E-state index in [4.69, 9.17) is 4.74 Å². The first-order valence-corrected chi connectivity index (χ1v) is 8.80. The molecule has 0 aliphatic carbocycles. The molecule has 4 nitrogen and oxygen atoms in total. The summed E-state index contributed by atoms with van der Waals surface area (Å²) < 4.78 is 5.37. The number of rotatable bonds is 10. The van der Waals surface area contributed by atoms with E-state index in [9.17, 15) is 0 Å². The van der Waals surface area contributed by atoms with Gasteiger partial charge in [0.15, 0.2) is 5.96 Å². The van der Waals surface area contributed by atoms with E-state index in [1.807, 2.05) is 36.0 Å². The summed E-state index contributed by atoms with van der Waals surface area (Å²) in [5.41, 5.74) is 1.20. The van der Waals surface area contributed by atoms with Crippen molar-refractivity contribution in [1.82, 2.24) is 10.6 Å². The van der Waals surface area contributed by atoms with Crippen molar-refractivity contribution in [3.8, 4) is 5.75 Å². The minimum absolute atomic E-state index is 0. The van der Waals surface area contributed by atoms with Gasteiger partial charge < -0.3 is 15.4 Å². The Labute approximate surface area is 161 Å². The van der Waals surface area contributed by atoms with Crippen LogP contribution in [0.4, 0.5) is 0 Å². The topological polar surface area (TPSA) is 45.7 Å². The van der Waals surface area contributed by atoms with Crippen molar-refractivity contribution in [2.24, 2.45) is 4.99 Å². The van der Waals surface area contributed by atoms with Gasteiger partial charge in [-0.1, -0.05) is 24.3 Å². The molecule has 0 aromatic heterocycles. The monoisotopic (exact) mass is 449 g/mol. The molecule has 0 unspecified atom stereocenters. The van der Waals surface area contributed by atoms with Gasteiger partial charge in [0.2, 0.25) is 0 Å². The lowest BCUT2D eigenvalue weighted by Crippen LogP contribution is -2.38. The van der Waals surface area contributed by atoms with Gasteiger partial charge in [-0.05, 0) is 25.0 Å². The number of halogens is 1. The molecule has 2 N–H and O–H groups in total. The molecule has 0 amide bonds. The van der Waals surface area contributed by atoms with Crippen LogP contribution in [0.3, 0.4) is 0 Å². The molecule has 1 aromatic carbocycles. The molecule has 130 valence electrons. The summed E-state index contributed by atoms with van der Waals surface area (Å²) >= 11 is 1.84. The Morgan fingerprint density at radius 3 is 2.83 bits per heavy atom. The molecule has 0 saturated heterocycles. The number of thioether (sulfide) groups is 1. The fourth-order valence-corrected chi connectivity index (χ4v) is 2.51. The molecule has 0 fully saturated rings. The maximum Gasteiger partial charge on any atom is 0.191 e. The van der Waals surface area contributed by atoms with Crippen molar-refractivity contribution in [2.75, 3.05) is 38.2 Å². The van der Waals surface area contributed by atoms with Crippen LogP contribution in [0.2, 0.25) is 0 Å². The second-order valence-electron chi connectivity index (χ2n) is 4.61. The summed E-state index contributed by atoms with van der Waals surface area (Å²) in [6.45, 7) is 8.28. The highest BCUT2D eigenvalue weighted by molar-refractivity contribution is 14.0. The molecular weight excluding hydrogens is 421 g/mol. The van der Waals surface area contributed by atoms with Crippen LogP contribution >= 0.6 is 35.7 Å². The Morgan fingerprint density at radius 1 is 1.35 bits per heavy atom. The van der Waals surface area contributed by atoms with Crippen molar-refractivity contribution >= 4 is 41.7 Å². The second kappa shape index (κ2) is 14.7. The third-order valence-electron chi connectivity index (χ3n) is 2.96. The predicted molar refractivity (Wildman–Crippen MR) is 114 cm³/mol. The van der Waals surface area contributed by atoms with E-state index in [0.717, 1.165) is 49.3 Å². The van der Waals surface area contributed by atoms with Gasteiger partial charge in [0.25, 0.3) is 0 Å². The average Bonchev–Trinajstić information content (AvgIpc) is 2.55. The highest BCUT2D eigenvalue weighted by Crippen LogP contribution is 2.17. The zero-order valence-corrected chi connectivity index (χ0v) is 17.2. The van der Waals surface area contributed by atoms with E-state index in [1.165, 1.54) is 5.56 Å². The first-order chi connectivity index (χ1) is 10.8. The van der Waals surface area contributed by atoms with E-state index in [2.05, 4.69) is 35.2 Å². The van der Waals surface area contributed by atoms with Crippen molar-refractivity contribution in [1.29, 1.82) is 0 Å². The molecular formula is C17H28IN3OS. The second-order valence-corrected chi connectivity index (χ2v) is 5.76. The summed E-state index contributed by atoms with van der Waals surface area (Å²) in [5, 5.41) is 6.63. The van der Waals surface area contributed by atoms with Crippen LogP contribution in [-0.2, 0) is 6.42 Å². The van der Waals surface area contributed by atoms with Gasteiger partial charge in [0, 0.05) is 24.6 Å². The van der Waals surface area contributed by atoms with Crippen LogP contribution < -0.4 is 15.4 Å². The standard InChI is InChI=1S/C17H27N3OS.HI/c1-4-13-22-14-12-20-17(18-5-2)19-11-10-15-8-6-7-9-16(15)21-3;/h4,6-9H,1,5,10-14H2,2-3H3,(H2,18,19,20);1H. The Morgan fingerprint density at radius 2 is 2.13 bits per heavy atom. The Kier molecular flexibility index (Phi) is 14.1. The van der Waals surface area contributed by atoms with Crippen LogP contribution in [-0.4, -0.2) is 44.2 Å². The van der Waals surface area contributed by atoms with Crippen molar-refractivity contribution < 1.29 is 4.74 Å². The lowest BCUT2D eigenvalue weighted by Gasteiger charge is -2.12. The van der Waals surface area contributed by atoms with Crippen molar-refractivity contribution in [3.63, 3.8) is 0 Å². The minimum Gasteiger partial charge on any atom is -0.496 e. The third kappa shape index (κ3) is 9.76. The molecule has 23 heavy (non-hydrogen) atoms. The van der Waals surface area contributed by atoms with Gasteiger partial charge in [-0.25, -0.2) is 0 Å². The smallest absolute Gasteiger partial charge is 0.191 e. The molecule has 6 heteroatoms. The van der Waals surface area contributed by atoms with E-state index in [0.29, 0.717) is 0 Å². The number of nitrogens with zero attached hydrogens (tertiary/aromatic N) is 1. The Hall–Kier alpha value is -0.890. The number of hydrogen-bond acceptors (Lipinski definition) is 3. The van der Waals surface area contributed by atoms with Gasteiger partial charge in [0.1, 0.15) is 5.75 Å². The van der Waals surface area contributed by atoms with Crippen molar-refractivity contribution in [3.05, 3.63) is 42.5 Å². The zero-order valence-electron chi connectivity index (χ0n) is 14.0. The Balaban J connectivity index is 0.00000484. The molecule has 1 rings (SSSR count). The molecule has 0 aliphatic heterocycles. The highest BCUT2D eigenvalue weighted by Gasteiger charge is 2.02. The number of nitrogens with one attached hydrogen (secondary N) is 2. The van der Waals surface area contributed by atoms with Crippen molar-refractivity contribution in [2.45, 2.75) is 13.3 Å². The van der Waals surface area contributed by atoms with Gasteiger partial charge in [-0.2, -0.15) is 11.8 Å². The van der Waals surface area contributed by atoms with E-state index < -0.39 is 0 Å². The molecule has 0 aliphatic rings. The molecule has 0 spiro atoms. The first-order valence-electron chi connectivity index (χ1n) is 7.64. The largest absolute Gasteiger partial charge is 0.496 e. The molecule has 0 bridgehead atoms. The fourth-order valence-electron chi connectivity index (χ4n) is 1.96. The molecule has 0 atom stereocenters. The molecule has 1 aromatic rings. The summed E-state index contributed by atoms with van der Waals surface area (Å²) in [5.74, 6) is 3.80. The van der Waals surface area contributed by atoms with Crippen LogP contribution in [0.5, 0.6) is 5.75 Å². The maximum atomic E-state index is 5.37. The lowest BCUT2D eigenvalue weighted by atomic mass is 10.1. The van der Waals surface area contributed by atoms with Crippen LogP contribution in [0.15, 0.2) is 41.9 Å². The minimum atomic E-state index is 0. The summed E-state index contributed by atoms with van der Waals surface area (Å²) in [6.07, 6.45) is 2.82. The number of guanidine groups is 1. The van der Waals surface area contributed by atoms with E-state index in [1.54, 1.807) is 7.11 Å². The fraction of sp³-hybridized carbons (Fsp3) is 0.471.